The van der Waals surface area contributed by atoms with Crippen LogP contribution in [0, 0.1) is 0 Å². The van der Waals surface area contributed by atoms with Crippen molar-refractivity contribution in [2.24, 2.45) is 4.99 Å². The number of aliphatic imine (C=N–C) groups is 1. The molecular weight excluding hydrogens is 322 g/mol. The number of H-pyrrole nitrogens is 1. The number of ether oxygens (including phenoxy) is 1. The van der Waals surface area contributed by atoms with Gasteiger partial charge in [-0.15, -0.1) is 11.3 Å². The second-order valence-electron chi connectivity index (χ2n) is 5.01. The number of thiophene rings is 1. The van der Waals surface area contributed by atoms with Crippen LogP contribution in [-0.2, 0) is 6.61 Å². The van der Waals surface area contributed by atoms with Crippen molar-refractivity contribution in [2.45, 2.75) is 6.61 Å². The molecule has 3 aromatic heterocycles. The van der Waals surface area contributed by atoms with Gasteiger partial charge >= 0.3 is 6.01 Å². The first-order chi connectivity index (χ1) is 11.9. The van der Waals surface area contributed by atoms with E-state index in [0.717, 1.165) is 15.8 Å². The van der Waals surface area contributed by atoms with Crippen LogP contribution in [0.25, 0.3) is 11.0 Å². The van der Waals surface area contributed by atoms with Gasteiger partial charge in [-0.25, -0.2) is 4.99 Å². The summed E-state index contributed by atoms with van der Waals surface area (Å²) in [7, 11) is 0. The fourth-order valence-electron chi connectivity index (χ4n) is 2.17. The molecule has 24 heavy (non-hydrogen) atoms. The van der Waals surface area contributed by atoms with Crippen LogP contribution in [0.15, 0.2) is 59.0 Å². The highest BCUT2D eigenvalue weighted by molar-refractivity contribution is 7.11. The van der Waals surface area contributed by atoms with Crippen molar-refractivity contribution < 1.29 is 4.74 Å². The lowest BCUT2D eigenvalue weighted by Crippen LogP contribution is -1.99. The van der Waals surface area contributed by atoms with Crippen molar-refractivity contribution >= 4 is 34.4 Å². The van der Waals surface area contributed by atoms with E-state index in [1.54, 1.807) is 23.7 Å². The van der Waals surface area contributed by atoms with Crippen molar-refractivity contribution in [1.82, 2.24) is 20.2 Å². The van der Waals surface area contributed by atoms with E-state index in [9.17, 15) is 0 Å². The molecule has 0 saturated heterocycles. The molecular formula is C17H13N5OS. The first-order valence-corrected chi connectivity index (χ1v) is 8.22. The fraction of sp³-hybridized carbons (Fsp3) is 0.0588. The van der Waals surface area contributed by atoms with Crippen molar-refractivity contribution in [1.29, 1.82) is 0 Å². The van der Waals surface area contributed by atoms with Gasteiger partial charge in [0, 0.05) is 11.1 Å². The lowest BCUT2D eigenvalue weighted by atomic mass is 10.2. The van der Waals surface area contributed by atoms with Crippen LogP contribution in [0.4, 0.5) is 5.82 Å². The zero-order chi connectivity index (χ0) is 16.2. The number of hydrogen-bond donors (Lipinski definition) is 1. The van der Waals surface area contributed by atoms with Crippen LogP contribution in [0.1, 0.15) is 10.4 Å². The van der Waals surface area contributed by atoms with Crippen LogP contribution in [0.5, 0.6) is 6.01 Å². The molecule has 0 radical (unpaired) electrons. The Bertz CT molecular complexity index is 963. The summed E-state index contributed by atoms with van der Waals surface area (Å²) in [6.07, 6.45) is 3.44. The molecule has 0 fully saturated rings. The predicted molar refractivity (Wildman–Crippen MR) is 94.0 cm³/mol. The summed E-state index contributed by atoms with van der Waals surface area (Å²) in [4.78, 5) is 14.2. The van der Waals surface area contributed by atoms with Crippen LogP contribution < -0.4 is 4.74 Å². The molecule has 0 amide bonds. The van der Waals surface area contributed by atoms with Gasteiger partial charge in [-0.3, -0.25) is 5.10 Å². The maximum absolute atomic E-state index is 5.71. The summed E-state index contributed by atoms with van der Waals surface area (Å²) in [6, 6.07) is 14.1. The summed E-state index contributed by atoms with van der Waals surface area (Å²) < 4.78 is 5.71. The third-order valence-corrected chi connectivity index (χ3v) is 4.14. The van der Waals surface area contributed by atoms with E-state index in [0.29, 0.717) is 18.1 Å². The van der Waals surface area contributed by atoms with Crippen molar-refractivity contribution in [2.75, 3.05) is 0 Å². The summed E-state index contributed by atoms with van der Waals surface area (Å²) in [6.45, 7) is 0.397. The molecule has 4 rings (SSSR count). The first-order valence-electron chi connectivity index (χ1n) is 7.34. The summed E-state index contributed by atoms with van der Waals surface area (Å²) in [5, 5.41) is 9.61. The lowest BCUT2D eigenvalue weighted by Gasteiger charge is -2.05. The Labute approximate surface area is 141 Å². The number of rotatable bonds is 5. The Morgan fingerprint density at radius 1 is 1.12 bits per heavy atom. The van der Waals surface area contributed by atoms with Crippen molar-refractivity contribution in [3.8, 4) is 6.01 Å². The average Bonchev–Trinajstić information content (AvgIpc) is 3.30. The van der Waals surface area contributed by atoms with E-state index in [2.05, 4.69) is 25.2 Å². The summed E-state index contributed by atoms with van der Waals surface area (Å²) in [5.74, 6) is 0.533. The minimum atomic E-state index is 0.272. The summed E-state index contributed by atoms with van der Waals surface area (Å²) >= 11 is 1.61. The third-order valence-electron chi connectivity index (χ3n) is 3.34. The van der Waals surface area contributed by atoms with Crippen LogP contribution in [-0.4, -0.2) is 26.4 Å². The molecule has 0 bridgehead atoms. The minimum absolute atomic E-state index is 0.272. The molecule has 1 aromatic carbocycles. The second kappa shape index (κ2) is 6.59. The number of nitrogens with one attached hydrogen (secondary N) is 1. The van der Waals surface area contributed by atoms with Gasteiger partial charge in [0.15, 0.2) is 11.5 Å². The molecule has 118 valence electrons. The molecule has 0 atom stereocenters. The molecule has 4 aromatic rings. The van der Waals surface area contributed by atoms with Gasteiger partial charge in [-0.05, 0) is 17.0 Å². The van der Waals surface area contributed by atoms with Crippen LogP contribution in [0.2, 0.25) is 0 Å². The summed E-state index contributed by atoms with van der Waals surface area (Å²) in [5.41, 5.74) is 1.65. The monoisotopic (exact) mass is 335 g/mol. The number of hydrogen-bond acceptors (Lipinski definition) is 6. The number of aromatic nitrogens is 4. The van der Waals surface area contributed by atoms with E-state index in [1.165, 1.54) is 0 Å². The van der Waals surface area contributed by atoms with Crippen molar-refractivity contribution in [3.63, 3.8) is 0 Å². The Morgan fingerprint density at radius 2 is 2.04 bits per heavy atom. The molecule has 0 spiro atoms. The maximum Gasteiger partial charge on any atom is 0.320 e. The predicted octanol–water partition coefficient (Wildman–Crippen LogP) is 3.74. The highest BCUT2D eigenvalue weighted by Gasteiger charge is 2.10. The van der Waals surface area contributed by atoms with E-state index in [-0.39, 0.29) is 6.01 Å². The normalized spacial score (nSPS) is 11.3. The highest BCUT2D eigenvalue weighted by atomic mass is 32.1. The third kappa shape index (κ3) is 3.16. The van der Waals surface area contributed by atoms with Gasteiger partial charge in [0.05, 0.1) is 11.6 Å². The zero-order valence-electron chi connectivity index (χ0n) is 12.6. The quantitative estimate of drug-likeness (QED) is 0.564. The molecule has 0 aliphatic rings. The average molecular weight is 335 g/mol. The number of benzene rings is 1. The SMILES string of the molecule is C(=Nc1nc(OCc2ccccc2)nc2[nH]ncc12)c1cccs1. The highest BCUT2D eigenvalue weighted by Crippen LogP contribution is 2.24. The lowest BCUT2D eigenvalue weighted by molar-refractivity contribution is 0.282. The molecule has 3 heterocycles. The number of nitrogens with zero attached hydrogens (tertiary/aromatic N) is 4. The Morgan fingerprint density at radius 3 is 2.88 bits per heavy atom. The van der Waals surface area contributed by atoms with Gasteiger partial charge in [-0.2, -0.15) is 15.1 Å². The largest absolute Gasteiger partial charge is 0.458 e. The van der Waals surface area contributed by atoms with E-state index in [4.69, 9.17) is 4.74 Å². The van der Waals surface area contributed by atoms with Crippen molar-refractivity contribution in [3.05, 3.63) is 64.5 Å². The van der Waals surface area contributed by atoms with Crippen LogP contribution in [0.3, 0.4) is 0 Å². The van der Waals surface area contributed by atoms with E-state index < -0.39 is 0 Å². The molecule has 7 heteroatoms. The standard InChI is InChI=1S/C17H13N5OS/c1-2-5-12(6-3-1)11-23-17-20-15(14-10-19-22-16(14)21-17)18-9-13-7-4-8-24-13/h1-10H,11H2,(H,19,20,21,22). The zero-order valence-corrected chi connectivity index (χ0v) is 13.4. The van der Waals surface area contributed by atoms with Gasteiger partial charge < -0.3 is 4.74 Å². The van der Waals surface area contributed by atoms with Gasteiger partial charge in [0.25, 0.3) is 0 Å². The molecule has 0 saturated carbocycles. The maximum atomic E-state index is 5.71. The molecule has 0 aliphatic carbocycles. The number of aromatic amines is 1. The van der Waals surface area contributed by atoms with Gasteiger partial charge in [0.1, 0.15) is 6.61 Å². The topological polar surface area (TPSA) is 76.1 Å². The fourth-order valence-corrected chi connectivity index (χ4v) is 2.76. The first kappa shape index (κ1) is 14.5. The van der Waals surface area contributed by atoms with E-state index in [1.807, 2.05) is 47.8 Å². The molecule has 0 unspecified atom stereocenters. The van der Waals surface area contributed by atoms with Gasteiger partial charge in [0.2, 0.25) is 0 Å². The molecule has 6 nitrogen and oxygen atoms in total. The van der Waals surface area contributed by atoms with Crippen LogP contribution >= 0.6 is 11.3 Å². The molecule has 0 aliphatic heterocycles. The Balaban J connectivity index is 1.62. The second-order valence-corrected chi connectivity index (χ2v) is 5.99. The minimum Gasteiger partial charge on any atom is -0.458 e. The number of fused-ring (bicyclic) bond motifs is 1. The smallest absolute Gasteiger partial charge is 0.320 e. The molecule has 1 N–H and O–H groups in total. The Kier molecular flexibility index (Phi) is 3.99. The van der Waals surface area contributed by atoms with Gasteiger partial charge in [-0.1, -0.05) is 36.4 Å². The Hall–Kier alpha value is -3.06. The van der Waals surface area contributed by atoms with E-state index >= 15 is 0 Å².